The minimum Gasteiger partial charge on any atom is -0.310 e. The van der Waals surface area contributed by atoms with Crippen LogP contribution < -0.4 is 4.90 Å². The Morgan fingerprint density at radius 3 is 1.40 bits per heavy atom. The molecule has 2 aromatic heterocycles. The molecule has 3 aliphatic rings. The number of hydrogen-bond donors (Lipinski definition) is 0. The predicted molar refractivity (Wildman–Crippen MR) is 344 cm³/mol. The number of fused-ring (bicyclic) bond motifs is 17. The molecule has 0 aliphatic heterocycles. The van der Waals surface area contributed by atoms with Crippen molar-refractivity contribution in [2.24, 2.45) is 0 Å². The Morgan fingerprint density at radius 1 is 0.310 bits per heavy atom. The van der Waals surface area contributed by atoms with Crippen molar-refractivity contribution in [2.75, 3.05) is 4.90 Å². The van der Waals surface area contributed by atoms with Gasteiger partial charge in [-0.3, -0.25) is 0 Å². The first kappa shape index (κ1) is 48.0. The van der Waals surface area contributed by atoms with E-state index in [0.29, 0.717) is 17.5 Å². The van der Waals surface area contributed by atoms with E-state index in [0.717, 1.165) is 55.9 Å². The summed E-state index contributed by atoms with van der Waals surface area (Å²) in [5, 5.41) is 2.32. The van der Waals surface area contributed by atoms with Crippen LogP contribution in [-0.4, -0.2) is 19.5 Å². The van der Waals surface area contributed by atoms with E-state index in [2.05, 4.69) is 272 Å². The molecular weight excluding hydrogens is 1020 g/mol. The first-order valence-electron chi connectivity index (χ1n) is 29.0. The molecule has 0 N–H and O–H groups in total. The third kappa shape index (κ3) is 6.99. The minimum atomic E-state index is -0.530. The minimum absolute atomic E-state index is 0.182. The Bertz CT molecular complexity index is 4880. The van der Waals surface area contributed by atoms with Crippen molar-refractivity contribution in [1.82, 2.24) is 19.5 Å². The third-order valence-corrected chi connectivity index (χ3v) is 18.2. The van der Waals surface area contributed by atoms with Gasteiger partial charge in [-0.1, -0.05) is 244 Å². The van der Waals surface area contributed by atoms with E-state index in [1.54, 1.807) is 0 Å². The van der Waals surface area contributed by atoms with Crippen molar-refractivity contribution in [2.45, 2.75) is 24.7 Å². The van der Waals surface area contributed by atoms with Crippen LogP contribution in [0.2, 0.25) is 0 Å². The molecule has 2 heterocycles. The standard InChI is InChI=1S/C79H53N5/c1-78(2)66-33-16-12-29-59(66)62-43-41-58(49-71(62)78)83(55-39-37-51(38-40-55)50-21-6-3-7-22-50)57-42-46-72-65(48-57)63-44-45-70-73(64-32-15-19-36-69(64)79(70)67-34-17-13-30-60(67)61-31-14-18-35-68(61)79)74(63)84(72)56-28-20-27-54(47-56)77-81-75(52-23-8-4-9-24-52)80-76(82-77)53-25-10-5-11-26-53/h3-49H,1-2H3. The van der Waals surface area contributed by atoms with Crippen LogP contribution in [-0.2, 0) is 10.8 Å². The van der Waals surface area contributed by atoms with Crippen LogP contribution in [0, 0.1) is 0 Å². The Morgan fingerprint density at radius 2 is 0.774 bits per heavy atom. The first-order chi connectivity index (χ1) is 41.4. The number of rotatable bonds is 8. The molecule has 394 valence electrons. The molecule has 5 nitrogen and oxygen atoms in total. The zero-order valence-corrected chi connectivity index (χ0v) is 46.4. The zero-order chi connectivity index (χ0) is 55.7. The fraction of sp³-hybridized carbons (Fsp3) is 0.0506. The highest BCUT2D eigenvalue weighted by molar-refractivity contribution is 6.17. The fourth-order valence-electron chi connectivity index (χ4n) is 14.5. The third-order valence-electron chi connectivity index (χ3n) is 18.2. The highest BCUT2D eigenvalue weighted by atomic mass is 15.1. The lowest BCUT2D eigenvalue weighted by Gasteiger charge is -2.30. The van der Waals surface area contributed by atoms with Crippen LogP contribution in [0.4, 0.5) is 17.1 Å². The van der Waals surface area contributed by atoms with Gasteiger partial charge in [0.05, 0.1) is 16.4 Å². The van der Waals surface area contributed by atoms with Gasteiger partial charge in [0.15, 0.2) is 17.5 Å². The van der Waals surface area contributed by atoms with Gasteiger partial charge in [0.2, 0.25) is 0 Å². The number of aromatic nitrogens is 4. The summed E-state index contributed by atoms with van der Waals surface area (Å²) in [5.74, 6) is 1.86. The van der Waals surface area contributed by atoms with E-state index in [9.17, 15) is 0 Å². The summed E-state index contributed by atoms with van der Waals surface area (Å²) in [6, 6.07) is 104. The summed E-state index contributed by atoms with van der Waals surface area (Å²) in [5.41, 5.74) is 26.5. The molecule has 0 radical (unpaired) electrons. The zero-order valence-electron chi connectivity index (χ0n) is 46.4. The van der Waals surface area contributed by atoms with Crippen LogP contribution in [0.1, 0.15) is 47.2 Å². The molecule has 5 heteroatoms. The molecule has 1 spiro atoms. The molecule has 0 unspecified atom stereocenters. The van der Waals surface area contributed by atoms with Gasteiger partial charge >= 0.3 is 0 Å². The normalized spacial score (nSPS) is 13.5. The Labute approximate surface area is 488 Å². The molecule has 84 heavy (non-hydrogen) atoms. The molecular formula is C79H53N5. The van der Waals surface area contributed by atoms with Crippen molar-refractivity contribution in [3.05, 3.63) is 318 Å². The summed E-state index contributed by atoms with van der Waals surface area (Å²) < 4.78 is 2.52. The van der Waals surface area contributed by atoms with Crippen LogP contribution in [0.5, 0.6) is 0 Å². The maximum atomic E-state index is 5.24. The molecule has 0 saturated heterocycles. The van der Waals surface area contributed by atoms with Crippen LogP contribution in [0.25, 0.3) is 106 Å². The predicted octanol–water partition coefficient (Wildman–Crippen LogP) is 19.8. The molecule has 0 atom stereocenters. The van der Waals surface area contributed by atoms with Gasteiger partial charge in [-0.2, -0.15) is 0 Å². The van der Waals surface area contributed by atoms with Crippen molar-refractivity contribution in [1.29, 1.82) is 0 Å². The summed E-state index contributed by atoms with van der Waals surface area (Å²) in [4.78, 5) is 18.0. The number of hydrogen-bond acceptors (Lipinski definition) is 4. The van der Waals surface area contributed by atoms with E-state index in [-0.39, 0.29) is 5.41 Å². The second-order valence-corrected chi connectivity index (χ2v) is 23.0. The Hall–Kier alpha value is -10.8. The quantitative estimate of drug-likeness (QED) is 0.152. The van der Waals surface area contributed by atoms with E-state index in [1.165, 1.54) is 83.3 Å². The maximum Gasteiger partial charge on any atom is 0.164 e. The lowest BCUT2D eigenvalue weighted by Crippen LogP contribution is -2.25. The molecule has 0 amide bonds. The van der Waals surface area contributed by atoms with Gasteiger partial charge in [-0.25, -0.2) is 15.0 Å². The number of anilines is 3. The Kier molecular flexibility index (Phi) is 10.5. The lowest BCUT2D eigenvalue weighted by atomic mass is 9.70. The van der Waals surface area contributed by atoms with Gasteiger partial charge in [0, 0.05) is 61.2 Å². The van der Waals surface area contributed by atoms with Crippen molar-refractivity contribution in [3.8, 4) is 84.4 Å². The van der Waals surface area contributed by atoms with Crippen molar-refractivity contribution in [3.63, 3.8) is 0 Å². The summed E-state index contributed by atoms with van der Waals surface area (Å²) in [6.45, 7) is 4.73. The molecule has 0 bridgehead atoms. The first-order valence-corrected chi connectivity index (χ1v) is 29.0. The van der Waals surface area contributed by atoms with Crippen LogP contribution in [0.3, 0.4) is 0 Å². The number of benzene rings is 12. The summed E-state index contributed by atoms with van der Waals surface area (Å²) in [7, 11) is 0. The highest BCUT2D eigenvalue weighted by Gasteiger charge is 2.52. The van der Waals surface area contributed by atoms with Gasteiger partial charge in [0.25, 0.3) is 0 Å². The monoisotopic (exact) mass is 1070 g/mol. The topological polar surface area (TPSA) is 46.8 Å². The molecule has 3 aliphatic carbocycles. The summed E-state index contributed by atoms with van der Waals surface area (Å²) in [6.07, 6.45) is 0. The molecule has 0 saturated carbocycles. The summed E-state index contributed by atoms with van der Waals surface area (Å²) >= 11 is 0. The van der Waals surface area contributed by atoms with E-state index >= 15 is 0 Å². The average Bonchev–Trinajstić information content (AvgIpc) is 1.72. The molecule has 17 rings (SSSR count). The van der Waals surface area contributed by atoms with Crippen LogP contribution in [0.15, 0.2) is 285 Å². The number of nitrogens with zero attached hydrogens (tertiary/aromatic N) is 5. The molecule has 14 aromatic rings. The van der Waals surface area contributed by atoms with Crippen LogP contribution >= 0.6 is 0 Å². The van der Waals surface area contributed by atoms with Crippen molar-refractivity contribution >= 4 is 38.9 Å². The fourth-order valence-corrected chi connectivity index (χ4v) is 14.5. The average molecular weight is 1070 g/mol. The lowest BCUT2D eigenvalue weighted by molar-refractivity contribution is 0.660. The second kappa shape index (κ2) is 18.4. The van der Waals surface area contributed by atoms with E-state index in [1.807, 2.05) is 36.4 Å². The SMILES string of the molecule is CC1(C)c2ccccc2-c2ccc(N(c3ccc(-c4ccccc4)cc3)c3ccc4c(c3)c3ccc5c(c3n4-c3cccc(-c4nc(-c6ccccc6)nc(-c6ccccc6)n4)c3)-c3ccccc3C53c4ccccc4-c4ccccc43)cc21. The van der Waals surface area contributed by atoms with E-state index in [4.69, 9.17) is 15.0 Å². The largest absolute Gasteiger partial charge is 0.310 e. The highest BCUT2D eigenvalue weighted by Crippen LogP contribution is 2.64. The Balaban J connectivity index is 0.927. The van der Waals surface area contributed by atoms with Gasteiger partial charge < -0.3 is 9.47 Å². The smallest absolute Gasteiger partial charge is 0.164 e. The maximum absolute atomic E-state index is 5.24. The van der Waals surface area contributed by atoms with E-state index < -0.39 is 5.41 Å². The van der Waals surface area contributed by atoms with Gasteiger partial charge in [-0.05, 0) is 127 Å². The molecule has 12 aromatic carbocycles. The van der Waals surface area contributed by atoms with Gasteiger partial charge in [0.1, 0.15) is 0 Å². The van der Waals surface area contributed by atoms with Crippen molar-refractivity contribution < 1.29 is 0 Å². The van der Waals surface area contributed by atoms with Gasteiger partial charge in [-0.15, -0.1) is 0 Å². The molecule has 0 fully saturated rings. The second-order valence-electron chi connectivity index (χ2n) is 23.0.